The van der Waals surface area contributed by atoms with E-state index in [1.807, 2.05) is 0 Å². The number of unbranched alkanes of at least 4 members (excludes halogenated alkanes) is 2. The van der Waals surface area contributed by atoms with Gasteiger partial charge in [-0.2, -0.15) is 0 Å². The average Bonchev–Trinajstić information content (AvgIpc) is 2.35. The van der Waals surface area contributed by atoms with Crippen LogP contribution in [0.4, 0.5) is 0 Å². The van der Waals surface area contributed by atoms with Crippen LogP contribution in [-0.4, -0.2) is 5.78 Å². The third-order valence-electron chi connectivity index (χ3n) is 2.58. The van der Waals surface area contributed by atoms with Crippen molar-refractivity contribution in [3.63, 3.8) is 0 Å². The van der Waals surface area contributed by atoms with Gasteiger partial charge in [-0.05, 0) is 24.3 Å². The van der Waals surface area contributed by atoms with Gasteiger partial charge in [0, 0.05) is 6.42 Å². The lowest BCUT2D eigenvalue weighted by atomic mass is 10.0. The molecule has 1 rings (SSSR count). The van der Waals surface area contributed by atoms with E-state index in [-0.39, 0.29) is 0 Å². The molecule has 0 aromatic heterocycles. The van der Waals surface area contributed by atoms with Crippen molar-refractivity contribution in [1.29, 1.82) is 0 Å². The normalized spacial score (nSPS) is 27.0. The number of hydrogen-bond donors (Lipinski definition) is 0. The van der Waals surface area contributed by atoms with E-state index in [0.29, 0.717) is 11.7 Å². The molecule has 1 saturated carbocycles. The maximum Gasteiger partial charge on any atom is 0.158 e. The molecule has 1 atom stereocenters. The first-order valence-corrected chi connectivity index (χ1v) is 4.99. The summed E-state index contributed by atoms with van der Waals surface area (Å²) >= 11 is 0. The molecule has 0 saturated heterocycles. The summed E-state index contributed by atoms with van der Waals surface area (Å²) in [5, 5.41) is 0. The van der Waals surface area contributed by atoms with E-state index in [0.717, 1.165) is 24.8 Å². The van der Waals surface area contributed by atoms with Crippen LogP contribution in [-0.2, 0) is 4.79 Å². The lowest BCUT2D eigenvalue weighted by Crippen LogP contribution is -1.97. The van der Waals surface area contributed by atoms with Crippen LogP contribution in [0, 0.1) is 5.92 Å². The van der Waals surface area contributed by atoms with Crippen LogP contribution in [0.15, 0.2) is 11.6 Å². The molecule has 1 fully saturated rings. The summed E-state index contributed by atoms with van der Waals surface area (Å²) < 4.78 is 0. The average molecular weight is 166 g/mol. The number of hydrogen-bond acceptors (Lipinski definition) is 1. The summed E-state index contributed by atoms with van der Waals surface area (Å²) in [5.74, 6) is 0.910. The minimum absolute atomic E-state index is 0.388. The zero-order valence-electron chi connectivity index (χ0n) is 8.10. The summed E-state index contributed by atoms with van der Waals surface area (Å²) in [6.07, 6.45) is 7.51. The fourth-order valence-electron chi connectivity index (χ4n) is 1.70. The van der Waals surface area contributed by atoms with Gasteiger partial charge in [0.1, 0.15) is 0 Å². The van der Waals surface area contributed by atoms with E-state index < -0.39 is 0 Å². The highest BCUT2D eigenvalue weighted by molar-refractivity contribution is 5.97. The van der Waals surface area contributed by atoms with Gasteiger partial charge in [-0.1, -0.05) is 32.8 Å². The van der Waals surface area contributed by atoms with Crippen LogP contribution in [0.3, 0.4) is 0 Å². The second kappa shape index (κ2) is 4.44. The summed E-state index contributed by atoms with van der Waals surface area (Å²) in [6.45, 7) is 4.33. The number of ketones is 1. The van der Waals surface area contributed by atoms with Crippen molar-refractivity contribution >= 4 is 5.78 Å². The van der Waals surface area contributed by atoms with Gasteiger partial charge in [-0.3, -0.25) is 4.79 Å². The standard InChI is InChI=1S/C11H18O/c1-3-4-5-6-10-9(2)7-8-11(10)12/h6,9H,3-5,7-8H2,1-2H3. The van der Waals surface area contributed by atoms with Crippen LogP contribution >= 0.6 is 0 Å². The van der Waals surface area contributed by atoms with Crippen molar-refractivity contribution in [2.45, 2.75) is 46.0 Å². The first kappa shape index (κ1) is 9.50. The molecule has 1 unspecified atom stereocenters. The molecule has 0 heterocycles. The largest absolute Gasteiger partial charge is 0.295 e. The Morgan fingerprint density at radius 3 is 2.83 bits per heavy atom. The topological polar surface area (TPSA) is 17.1 Å². The highest BCUT2D eigenvalue weighted by Gasteiger charge is 2.23. The molecule has 12 heavy (non-hydrogen) atoms. The van der Waals surface area contributed by atoms with Gasteiger partial charge in [0.05, 0.1) is 0 Å². The van der Waals surface area contributed by atoms with Gasteiger partial charge in [0.2, 0.25) is 0 Å². The molecule has 68 valence electrons. The SMILES string of the molecule is CCCCC=C1C(=O)CCC1C. The van der Waals surface area contributed by atoms with Gasteiger partial charge in [0.25, 0.3) is 0 Å². The van der Waals surface area contributed by atoms with Crippen LogP contribution in [0.5, 0.6) is 0 Å². The second-order valence-electron chi connectivity index (χ2n) is 3.66. The van der Waals surface area contributed by atoms with Crippen molar-refractivity contribution in [1.82, 2.24) is 0 Å². The molecule has 1 aliphatic rings. The van der Waals surface area contributed by atoms with E-state index in [4.69, 9.17) is 0 Å². The molecule has 0 aliphatic heterocycles. The second-order valence-corrected chi connectivity index (χ2v) is 3.66. The van der Waals surface area contributed by atoms with Gasteiger partial charge in [-0.15, -0.1) is 0 Å². The Balaban J connectivity index is 2.47. The Hall–Kier alpha value is -0.590. The molecule has 1 nitrogen and oxygen atoms in total. The highest BCUT2D eigenvalue weighted by Crippen LogP contribution is 2.27. The van der Waals surface area contributed by atoms with Crippen molar-refractivity contribution < 1.29 is 4.79 Å². The first-order valence-electron chi connectivity index (χ1n) is 4.99. The Bertz CT molecular complexity index is 191. The fourth-order valence-corrected chi connectivity index (χ4v) is 1.70. The van der Waals surface area contributed by atoms with Gasteiger partial charge >= 0.3 is 0 Å². The van der Waals surface area contributed by atoms with E-state index in [9.17, 15) is 4.79 Å². The molecule has 0 aromatic rings. The van der Waals surface area contributed by atoms with Crippen LogP contribution in [0.1, 0.15) is 46.0 Å². The molecule has 1 aliphatic carbocycles. The number of carbonyl (C=O) groups excluding carboxylic acids is 1. The van der Waals surface area contributed by atoms with Crippen LogP contribution < -0.4 is 0 Å². The minimum Gasteiger partial charge on any atom is -0.295 e. The molecule has 0 amide bonds. The van der Waals surface area contributed by atoms with Gasteiger partial charge < -0.3 is 0 Å². The highest BCUT2D eigenvalue weighted by atomic mass is 16.1. The fraction of sp³-hybridized carbons (Fsp3) is 0.727. The molecule has 0 aromatic carbocycles. The molecule has 0 N–H and O–H groups in total. The lowest BCUT2D eigenvalue weighted by molar-refractivity contribution is -0.114. The first-order chi connectivity index (χ1) is 5.75. The lowest BCUT2D eigenvalue weighted by Gasteiger charge is -2.01. The van der Waals surface area contributed by atoms with Crippen LogP contribution in [0.2, 0.25) is 0 Å². The monoisotopic (exact) mass is 166 g/mol. The van der Waals surface area contributed by atoms with Crippen molar-refractivity contribution in [3.05, 3.63) is 11.6 Å². The zero-order chi connectivity index (χ0) is 8.97. The van der Waals surface area contributed by atoms with Crippen LogP contribution in [0.25, 0.3) is 0 Å². The van der Waals surface area contributed by atoms with E-state index in [1.165, 1.54) is 12.8 Å². The Morgan fingerprint density at radius 1 is 1.58 bits per heavy atom. The van der Waals surface area contributed by atoms with Crippen molar-refractivity contribution in [2.75, 3.05) is 0 Å². The quantitative estimate of drug-likeness (QED) is 0.465. The maximum absolute atomic E-state index is 11.3. The maximum atomic E-state index is 11.3. The summed E-state index contributed by atoms with van der Waals surface area (Å²) in [5.41, 5.74) is 1.10. The molecular formula is C11H18O. The summed E-state index contributed by atoms with van der Waals surface area (Å²) in [7, 11) is 0. The molecule has 0 bridgehead atoms. The number of carbonyl (C=O) groups is 1. The predicted octanol–water partition coefficient (Wildman–Crippen LogP) is 3.10. The predicted molar refractivity (Wildman–Crippen MR) is 51.0 cm³/mol. The van der Waals surface area contributed by atoms with E-state index >= 15 is 0 Å². The van der Waals surface area contributed by atoms with Crippen molar-refractivity contribution in [2.24, 2.45) is 5.92 Å². The number of allylic oxidation sites excluding steroid dienone is 2. The van der Waals surface area contributed by atoms with Gasteiger partial charge in [0.15, 0.2) is 5.78 Å². The zero-order valence-corrected chi connectivity index (χ0v) is 8.10. The Morgan fingerprint density at radius 2 is 2.33 bits per heavy atom. The van der Waals surface area contributed by atoms with Gasteiger partial charge in [-0.25, -0.2) is 0 Å². The minimum atomic E-state index is 0.388. The molecular weight excluding hydrogens is 148 g/mol. The number of Topliss-reactive ketones (excluding diaryl/α,β-unsaturated/α-hetero) is 1. The van der Waals surface area contributed by atoms with Crippen molar-refractivity contribution in [3.8, 4) is 0 Å². The molecule has 1 heteroatoms. The third kappa shape index (κ3) is 2.20. The van der Waals surface area contributed by atoms with E-state index in [2.05, 4.69) is 19.9 Å². The van der Waals surface area contributed by atoms with E-state index in [1.54, 1.807) is 0 Å². The Kier molecular flexibility index (Phi) is 3.51. The third-order valence-corrected chi connectivity index (χ3v) is 2.58. The number of rotatable bonds is 3. The summed E-state index contributed by atoms with van der Waals surface area (Å²) in [4.78, 5) is 11.3. The molecule has 0 radical (unpaired) electrons. The molecule has 0 spiro atoms. The summed E-state index contributed by atoms with van der Waals surface area (Å²) in [6, 6.07) is 0. The smallest absolute Gasteiger partial charge is 0.158 e. The Labute approximate surface area is 74.9 Å².